The second kappa shape index (κ2) is 6.97. The van der Waals surface area contributed by atoms with Gasteiger partial charge in [-0.1, -0.05) is 0 Å². The number of anilines is 1. The lowest BCUT2D eigenvalue weighted by molar-refractivity contribution is 0.0681. The molecule has 1 aliphatic heterocycles. The van der Waals surface area contributed by atoms with E-state index in [1.54, 1.807) is 24.3 Å². The third kappa shape index (κ3) is 3.89. The minimum absolute atomic E-state index is 0.0264. The van der Waals surface area contributed by atoms with E-state index in [9.17, 15) is 13.2 Å². The maximum atomic E-state index is 12.6. The molecule has 2 heterocycles. The van der Waals surface area contributed by atoms with Crippen LogP contribution < -0.4 is 5.32 Å². The largest absolute Gasteiger partial charge is 0.359 e. The number of piperidine rings is 1. The van der Waals surface area contributed by atoms with Gasteiger partial charge < -0.3 is 10.2 Å². The maximum absolute atomic E-state index is 12.6. The quantitative estimate of drug-likeness (QED) is 0.820. The van der Waals surface area contributed by atoms with Gasteiger partial charge >= 0.3 is 0 Å². The van der Waals surface area contributed by atoms with Crippen LogP contribution in [0.4, 0.5) is 5.13 Å². The second-order valence-corrected chi connectivity index (χ2v) is 9.57. The van der Waals surface area contributed by atoms with Gasteiger partial charge in [-0.25, -0.2) is 17.7 Å². The first-order valence-electron chi connectivity index (χ1n) is 8.37. The third-order valence-corrected chi connectivity index (χ3v) is 7.38. The summed E-state index contributed by atoms with van der Waals surface area (Å²) in [6, 6.07) is 0.493. The lowest BCUT2D eigenvalue weighted by atomic mass is 10.1. The number of hydrogen-bond donors (Lipinski definition) is 1. The number of aromatic nitrogens is 1. The van der Waals surface area contributed by atoms with Crippen molar-refractivity contribution in [2.24, 2.45) is 0 Å². The second-order valence-electron chi connectivity index (χ2n) is 6.40. The average Bonchev–Trinajstić information content (AvgIpc) is 3.28. The smallest absolute Gasteiger partial charge is 0.273 e. The van der Waals surface area contributed by atoms with Gasteiger partial charge in [0, 0.05) is 37.6 Å². The summed E-state index contributed by atoms with van der Waals surface area (Å²) in [6.45, 7) is 2.78. The molecule has 3 rings (SSSR count). The van der Waals surface area contributed by atoms with Crippen molar-refractivity contribution >= 4 is 32.4 Å². The molecule has 2 fully saturated rings. The van der Waals surface area contributed by atoms with Crippen molar-refractivity contribution < 1.29 is 13.2 Å². The molecule has 0 radical (unpaired) electrons. The van der Waals surface area contributed by atoms with E-state index in [0.717, 1.165) is 5.13 Å². The van der Waals surface area contributed by atoms with Crippen molar-refractivity contribution in [3.8, 4) is 0 Å². The molecule has 2 aliphatic rings. The Morgan fingerprint density at radius 3 is 2.62 bits per heavy atom. The normalized spacial score (nSPS) is 19.7. The van der Waals surface area contributed by atoms with Gasteiger partial charge in [0.25, 0.3) is 5.91 Å². The lowest BCUT2D eigenvalue weighted by Gasteiger charge is -2.35. The molecule has 1 amide bonds. The van der Waals surface area contributed by atoms with E-state index in [0.29, 0.717) is 37.7 Å². The number of carbonyl (C=O) groups excluding carboxylic acids is 1. The van der Waals surface area contributed by atoms with Crippen LogP contribution in [0.1, 0.15) is 43.1 Å². The Balaban J connectivity index is 1.55. The Bertz CT molecular complexity index is 691. The van der Waals surface area contributed by atoms with Crippen LogP contribution in [0.15, 0.2) is 5.38 Å². The van der Waals surface area contributed by atoms with E-state index < -0.39 is 10.0 Å². The van der Waals surface area contributed by atoms with E-state index >= 15 is 0 Å². The van der Waals surface area contributed by atoms with Crippen LogP contribution in [-0.2, 0) is 10.0 Å². The third-order valence-electron chi connectivity index (χ3n) is 4.70. The lowest BCUT2D eigenvalue weighted by Crippen LogP contribution is -2.47. The molecule has 1 saturated heterocycles. The Hall–Kier alpha value is -1.19. The summed E-state index contributed by atoms with van der Waals surface area (Å²) in [4.78, 5) is 18.7. The summed E-state index contributed by atoms with van der Waals surface area (Å²) >= 11 is 1.46. The number of likely N-dealkylation sites (tertiary alicyclic amines) is 1. The Labute approximate surface area is 147 Å². The molecule has 134 valence electrons. The molecule has 9 heteroatoms. The molecule has 7 nitrogen and oxygen atoms in total. The van der Waals surface area contributed by atoms with Crippen LogP contribution in [0.5, 0.6) is 0 Å². The Morgan fingerprint density at radius 2 is 2.04 bits per heavy atom. The molecular weight excluding hydrogens is 348 g/mol. The van der Waals surface area contributed by atoms with E-state index in [4.69, 9.17) is 0 Å². The summed E-state index contributed by atoms with van der Waals surface area (Å²) in [6.07, 6.45) is 3.67. The first-order valence-corrected chi connectivity index (χ1v) is 10.9. The van der Waals surface area contributed by atoms with E-state index in [1.165, 1.54) is 28.5 Å². The summed E-state index contributed by atoms with van der Waals surface area (Å²) in [5.74, 6) is 0.0488. The number of thiazole rings is 1. The molecule has 0 atom stereocenters. The number of nitrogens with one attached hydrogen (secondary N) is 1. The molecule has 1 aromatic heterocycles. The highest BCUT2D eigenvalue weighted by Crippen LogP contribution is 2.27. The number of rotatable bonds is 6. The van der Waals surface area contributed by atoms with Gasteiger partial charge in [0.15, 0.2) is 5.13 Å². The molecule has 1 aromatic rings. The molecule has 0 spiro atoms. The molecule has 0 aromatic carbocycles. The maximum Gasteiger partial charge on any atom is 0.273 e. The van der Waals surface area contributed by atoms with Crippen LogP contribution in [0.2, 0.25) is 0 Å². The summed E-state index contributed by atoms with van der Waals surface area (Å²) in [5.41, 5.74) is 0.483. The molecular formula is C15H24N4O3S2. The van der Waals surface area contributed by atoms with Gasteiger partial charge in [-0.15, -0.1) is 11.3 Å². The van der Waals surface area contributed by atoms with Gasteiger partial charge in [-0.05, 0) is 32.6 Å². The van der Waals surface area contributed by atoms with Crippen LogP contribution in [0.3, 0.4) is 0 Å². The van der Waals surface area contributed by atoms with Crippen LogP contribution >= 0.6 is 11.3 Å². The van der Waals surface area contributed by atoms with Crippen molar-refractivity contribution in [3.63, 3.8) is 0 Å². The number of carbonyl (C=O) groups is 1. The zero-order chi connectivity index (χ0) is 17.3. The van der Waals surface area contributed by atoms with Gasteiger partial charge in [0.05, 0.1) is 5.75 Å². The highest BCUT2D eigenvalue weighted by atomic mass is 32.2. The molecule has 1 N–H and O–H groups in total. The van der Waals surface area contributed by atoms with Crippen molar-refractivity contribution in [3.05, 3.63) is 11.1 Å². The highest BCUT2D eigenvalue weighted by molar-refractivity contribution is 7.89. The van der Waals surface area contributed by atoms with Gasteiger partial charge in [0.2, 0.25) is 10.0 Å². The molecule has 1 saturated carbocycles. The summed E-state index contributed by atoms with van der Waals surface area (Å²) < 4.78 is 25.4. The van der Waals surface area contributed by atoms with E-state index in [-0.39, 0.29) is 17.7 Å². The number of sulfonamides is 1. The monoisotopic (exact) mass is 372 g/mol. The summed E-state index contributed by atoms with van der Waals surface area (Å²) in [7, 11) is -1.54. The van der Waals surface area contributed by atoms with E-state index in [2.05, 4.69) is 10.3 Å². The Morgan fingerprint density at radius 1 is 1.38 bits per heavy atom. The van der Waals surface area contributed by atoms with Gasteiger partial charge in [-0.3, -0.25) is 4.79 Å². The SMILES string of the molecule is CCS(=O)(=O)N(C)C1CCN(C(=O)c2csc(NC3CC3)n2)CC1. The minimum atomic E-state index is -3.18. The molecule has 0 unspecified atom stereocenters. The van der Waals surface area contributed by atoms with Crippen molar-refractivity contribution in [1.82, 2.24) is 14.2 Å². The molecule has 0 bridgehead atoms. The standard InChI is InChI=1S/C15H24N4O3S2/c1-3-24(21,22)18(2)12-6-8-19(9-7-12)14(20)13-10-23-15(17-13)16-11-4-5-11/h10-12H,3-9H2,1-2H3,(H,16,17). The van der Waals surface area contributed by atoms with Crippen LogP contribution in [-0.4, -0.2) is 66.5 Å². The zero-order valence-electron chi connectivity index (χ0n) is 14.1. The topological polar surface area (TPSA) is 82.6 Å². The molecule has 1 aliphatic carbocycles. The highest BCUT2D eigenvalue weighted by Gasteiger charge is 2.31. The Kier molecular flexibility index (Phi) is 5.12. The van der Waals surface area contributed by atoms with Crippen molar-refractivity contribution in [2.45, 2.75) is 44.7 Å². The number of hydrogen-bond acceptors (Lipinski definition) is 6. The minimum Gasteiger partial charge on any atom is -0.359 e. The predicted molar refractivity (Wildman–Crippen MR) is 94.9 cm³/mol. The van der Waals surface area contributed by atoms with E-state index in [1.807, 2.05) is 0 Å². The first kappa shape index (κ1) is 17.6. The number of nitrogens with zero attached hydrogens (tertiary/aromatic N) is 3. The number of amides is 1. The average molecular weight is 373 g/mol. The fourth-order valence-electron chi connectivity index (χ4n) is 2.87. The zero-order valence-corrected chi connectivity index (χ0v) is 15.7. The van der Waals surface area contributed by atoms with Gasteiger partial charge in [-0.2, -0.15) is 0 Å². The predicted octanol–water partition coefficient (Wildman–Crippen LogP) is 1.60. The van der Waals surface area contributed by atoms with Crippen molar-refractivity contribution in [1.29, 1.82) is 0 Å². The fraction of sp³-hybridized carbons (Fsp3) is 0.733. The van der Waals surface area contributed by atoms with Crippen LogP contribution in [0, 0.1) is 0 Å². The van der Waals surface area contributed by atoms with Gasteiger partial charge in [0.1, 0.15) is 5.69 Å². The first-order chi connectivity index (χ1) is 11.4. The fourth-order valence-corrected chi connectivity index (χ4v) is 4.70. The summed E-state index contributed by atoms with van der Waals surface area (Å²) in [5, 5.41) is 5.91. The van der Waals surface area contributed by atoms with Crippen LogP contribution in [0.25, 0.3) is 0 Å². The molecule has 24 heavy (non-hydrogen) atoms. The van der Waals surface area contributed by atoms with Crippen molar-refractivity contribution in [2.75, 3.05) is 31.2 Å².